The van der Waals surface area contributed by atoms with E-state index in [0.29, 0.717) is 18.2 Å². The Labute approximate surface area is 99.2 Å². The van der Waals surface area contributed by atoms with E-state index in [2.05, 4.69) is 20.4 Å². The molecule has 6 nitrogen and oxygen atoms in total. The van der Waals surface area contributed by atoms with Crippen molar-refractivity contribution in [2.75, 3.05) is 11.1 Å². The third kappa shape index (κ3) is 2.93. The van der Waals surface area contributed by atoms with Gasteiger partial charge in [0.15, 0.2) is 0 Å². The number of hydrogen-bond acceptors (Lipinski definition) is 6. The average molecular weight is 233 g/mol. The molecule has 0 unspecified atom stereocenters. The van der Waals surface area contributed by atoms with Gasteiger partial charge in [-0.3, -0.25) is 0 Å². The minimum absolute atomic E-state index is 0.468. The predicted molar refractivity (Wildman–Crippen MR) is 64.4 cm³/mol. The number of aryl methyl sites for hydroxylation is 2. The van der Waals surface area contributed by atoms with Crippen LogP contribution in [0, 0.1) is 6.92 Å². The Bertz CT molecular complexity index is 508. The van der Waals surface area contributed by atoms with E-state index in [-0.39, 0.29) is 0 Å². The third-order valence-electron chi connectivity index (χ3n) is 2.24. The first-order chi connectivity index (χ1) is 8.17. The average Bonchev–Trinajstić information content (AvgIpc) is 2.72. The highest BCUT2D eigenvalue weighted by atomic mass is 16.5. The van der Waals surface area contributed by atoms with Crippen LogP contribution in [0.2, 0.25) is 0 Å². The summed E-state index contributed by atoms with van der Waals surface area (Å²) in [5.74, 6) is 2.69. The minimum Gasteiger partial charge on any atom is -0.384 e. The van der Waals surface area contributed by atoms with E-state index < -0.39 is 0 Å². The molecule has 0 amide bonds. The molecule has 2 aromatic heterocycles. The highest BCUT2D eigenvalue weighted by Gasteiger charge is 2.03. The van der Waals surface area contributed by atoms with Crippen molar-refractivity contribution in [2.45, 2.75) is 26.8 Å². The highest BCUT2D eigenvalue weighted by molar-refractivity contribution is 5.44. The number of nitrogens with one attached hydrogen (secondary N) is 1. The summed E-state index contributed by atoms with van der Waals surface area (Å²) in [6.07, 6.45) is 0.753. The van der Waals surface area contributed by atoms with E-state index in [4.69, 9.17) is 10.3 Å². The molecule has 0 radical (unpaired) electrons. The van der Waals surface area contributed by atoms with Gasteiger partial charge in [0.1, 0.15) is 28.9 Å². The van der Waals surface area contributed by atoms with Gasteiger partial charge in [0.25, 0.3) is 0 Å². The second-order valence-electron chi connectivity index (χ2n) is 3.73. The fraction of sp³-hybridized carbons (Fsp3) is 0.364. The van der Waals surface area contributed by atoms with Crippen LogP contribution in [-0.2, 0) is 13.0 Å². The van der Waals surface area contributed by atoms with Gasteiger partial charge >= 0.3 is 0 Å². The summed E-state index contributed by atoms with van der Waals surface area (Å²) in [4.78, 5) is 8.42. The lowest BCUT2D eigenvalue weighted by Gasteiger charge is -2.05. The molecule has 0 aliphatic rings. The first kappa shape index (κ1) is 11.4. The lowest BCUT2D eigenvalue weighted by Crippen LogP contribution is -2.06. The molecule has 0 fully saturated rings. The van der Waals surface area contributed by atoms with Gasteiger partial charge in [0.05, 0.1) is 6.54 Å². The first-order valence-corrected chi connectivity index (χ1v) is 5.47. The Kier molecular flexibility index (Phi) is 3.22. The van der Waals surface area contributed by atoms with Crippen LogP contribution in [0.3, 0.4) is 0 Å². The molecule has 3 N–H and O–H groups in total. The van der Waals surface area contributed by atoms with Gasteiger partial charge in [0, 0.05) is 18.6 Å². The second-order valence-corrected chi connectivity index (χ2v) is 3.73. The quantitative estimate of drug-likeness (QED) is 0.832. The molecule has 90 valence electrons. The molecule has 0 bridgehead atoms. The summed E-state index contributed by atoms with van der Waals surface area (Å²) < 4.78 is 4.97. The Morgan fingerprint density at radius 1 is 1.35 bits per heavy atom. The smallest absolute Gasteiger partial charge is 0.133 e. The van der Waals surface area contributed by atoms with Gasteiger partial charge in [-0.05, 0) is 6.92 Å². The Morgan fingerprint density at radius 3 is 2.82 bits per heavy atom. The molecule has 0 saturated heterocycles. The number of aromatic nitrogens is 3. The number of hydrogen-bond donors (Lipinski definition) is 2. The third-order valence-corrected chi connectivity index (χ3v) is 2.24. The summed E-state index contributed by atoms with van der Waals surface area (Å²) in [7, 11) is 0. The van der Waals surface area contributed by atoms with Gasteiger partial charge in [-0.15, -0.1) is 0 Å². The molecule has 2 rings (SSSR count). The molecular formula is C11H15N5O. The molecule has 6 heteroatoms. The number of nitrogens with zero attached hydrogens (tertiary/aromatic N) is 3. The minimum atomic E-state index is 0.468. The number of nitrogens with two attached hydrogens (primary N) is 1. The second kappa shape index (κ2) is 4.82. The summed E-state index contributed by atoms with van der Waals surface area (Å²) in [6.45, 7) is 4.39. The van der Waals surface area contributed by atoms with Crippen molar-refractivity contribution in [2.24, 2.45) is 0 Å². The molecule has 17 heavy (non-hydrogen) atoms. The van der Waals surface area contributed by atoms with Gasteiger partial charge < -0.3 is 15.6 Å². The molecule has 0 aliphatic carbocycles. The molecule has 2 heterocycles. The van der Waals surface area contributed by atoms with Gasteiger partial charge in [0.2, 0.25) is 0 Å². The van der Waals surface area contributed by atoms with Crippen LogP contribution in [-0.4, -0.2) is 15.1 Å². The Hall–Kier alpha value is -2.11. The van der Waals surface area contributed by atoms with Gasteiger partial charge in [-0.25, -0.2) is 9.97 Å². The molecular weight excluding hydrogens is 218 g/mol. The first-order valence-electron chi connectivity index (χ1n) is 5.47. The zero-order chi connectivity index (χ0) is 12.3. The molecule has 2 aromatic rings. The molecule has 0 spiro atoms. The van der Waals surface area contributed by atoms with E-state index in [9.17, 15) is 0 Å². The van der Waals surface area contributed by atoms with Crippen molar-refractivity contribution in [1.29, 1.82) is 0 Å². The monoisotopic (exact) mass is 233 g/mol. The van der Waals surface area contributed by atoms with E-state index in [1.165, 1.54) is 0 Å². The largest absolute Gasteiger partial charge is 0.384 e. The molecule has 0 saturated carbocycles. The molecule has 0 aliphatic heterocycles. The number of anilines is 2. The number of rotatable bonds is 4. The van der Waals surface area contributed by atoms with Crippen molar-refractivity contribution in [3.63, 3.8) is 0 Å². The van der Waals surface area contributed by atoms with Gasteiger partial charge in [-0.1, -0.05) is 12.1 Å². The SMILES string of the molecule is CCc1nc(N)cc(NCc2cc(C)on2)n1. The maximum Gasteiger partial charge on any atom is 0.133 e. The van der Waals surface area contributed by atoms with Crippen LogP contribution in [0.15, 0.2) is 16.7 Å². The summed E-state index contributed by atoms with van der Waals surface area (Å²) in [5, 5.41) is 7.02. The van der Waals surface area contributed by atoms with Crippen molar-refractivity contribution in [3.05, 3.63) is 29.4 Å². The van der Waals surface area contributed by atoms with Crippen molar-refractivity contribution >= 4 is 11.6 Å². The van der Waals surface area contributed by atoms with Crippen LogP contribution in [0.4, 0.5) is 11.6 Å². The van der Waals surface area contributed by atoms with Crippen LogP contribution in [0.25, 0.3) is 0 Å². The highest BCUT2D eigenvalue weighted by Crippen LogP contribution is 2.10. The summed E-state index contributed by atoms with van der Waals surface area (Å²) in [6, 6.07) is 3.57. The van der Waals surface area contributed by atoms with E-state index in [1.807, 2.05) is 19.9 Å². The molecule has 0 aromatic carbocycles. The Balaban J connectivity index is 2.05. The summed E-state index contributed by atoms with van der Waals surface area (Å²) in [5.41, 5.74) is 6.51. The van der Waals surface area contributed by atoms with Crippen LogP contribution < -0.4 is 11.1 Å². The lowest BCUT2D eigenvalue weighted by atomic mass is 10.3. The van der Waals surface area contributed by atoms with Crippen LogP contribution >= 0.6 is 0 Å². The van der Waals surface area contributed by atoms with E-state index >= 15 is 0 Å². The fourth-order valence-corrected chi connectivity index (χ4v) is 1.45. The topological polar surface area (TPSA) is 89.9 Å². The Morgan fingerprint density at radius 2 is 2.18 bits per heavy atom. The lowest BCUT2D eigenvalue weighted by molar-refractivity contribution is 0.391. The van der Waals surface area contributed by atoms with Crippen molar-refractivity contribution in [3.8, 4) is 0 Å². The summed E-state index contributed by atoms with van der Waals surface area (Å²) >= 11 is 0. The number of nitrogen functional groups attached to an aromatic ring is 1. The van der Waals surface area contributed by atoms with E-state index in [0.717, 1.165) is 23.7 Å². The normalized spacial score (nSPS) is 10.5. The van der Waals surface area contributed by atoms with E-state index in [1.54, 1.807) is 6.07 Å². The van der Waals surface area contributed by atoms with Gasteiger partial charge in [-0.2, -0.15) is 0 Å². The van der Waals surface area contributed by atoms with Crippen LogP contribution in [0.1, 0.15) is 24.2 Å². The standard InChI is InChI=1S/C11H15N5O/c1-3-10-14-9(12)5-11(15-10)13-6-8-4-7(2)17-16-8/h4-5H,3,6H2,1-2H3,(H3,12,13,14,15). The zero-order valence-corrected chi connectivity index (χ0v) is 9.90. The predicted octanol–water partition coefficient (Wildman–Crippen LogP) is 1.53. The van der Waals surface area contributed by atoms with Crippen molar-refractivity contribution < 1.29 is 4.52 Å². The maximum absolute atomic E-state index is 5.68. The van der Waals surface area contributed by atoms with Crippen molar-refractivity contribution in [1.82, 2.24) is 15.1 Å². The zero-order valence-electron chi connectivity index (χ0n) is 9.90. The molecule has 0 atom stereocenters. The maximum atomic E-state index is 5.68. The fourth-order valence-electron chi connectivity index (χ4n) is 1.45. The van der Waals surface area contributed by atoms with Crippen LogP contribution in [0.5, 0.6) is 0 Å².